The smallest absolute Gasteiger partial charge is 0.265 e. The van der Waals surface area contributed by atoms with Gasteiger partial charge < -0.3 is 25.2 Å². The normalized spacial score (nSPS) is 18.4. The number of rotatable bonds is 7. The molecule has 1 amide bonds. The van der Waals surface area contributed by atoms with E-state index in [1.807, 2.05) is 36.1 Å². The number of anilines is 2. The van der Waals surface area contributed by atoms with Gasteiger partial charge in [0.2, 0.25) is 0 Å². The van der Waals surface area contributed by atoms with E-state index in [0.29, 0.717) is 25.5 Å². The number of guanidine groups is 1. The number of amides is 1. The SMILES string of the molecule is CCNC(=NCCCN1C(=O)COc2ccccc21)NC1CCN(c2ncccc2F)C1. The van der Waals surface area contributed by atoms with Crippen LogP contribution in [0.2, 0.25) is 0 Å². The molecule has 0 spiro atoms. The van der Waals surface area contributed by atoms with Gasteiger partial charge in [0.25, 0.3) is 5.91 Å². The molecule has 8 nitrogen and oxygen atoms in total. The van der Waals surface area contributed by atoms with Crippen LogP contribution in [0.15, 0.2) is 47.6 Å². The van der Waals surface area contributed by atoms with Crippen molar-refractivity contribution in [3.8, 4) is 5.75 Å². The van der Waals surface area contributed by atoms with Crippen molar-refractivity contribution in [2.24, 2.45) is 4.99 Å². The molecular weight excluding hydrogens is 411 g/mol. The van der Waals surface area contributed by atoms with E-state index in [-0.39, 0.29) is 24.4 Å². The second kappa shape index (κ2) is 10.3. The van der Waals surface area contributed by atoms with Crippen molar-refractivity contribution in [3.05, 3.63) is 48.4 Å². The summed E-state index contributed by atoms with van der Waals surface area (Å²) in [6, 6.07) is 10.8. The number of pyridine rings is 1. The molecule has 1 unspecified atom stereocenters. The molecule has 0 bridgehead atoms. The standard InChI is InChI=1S/C23H29FN6O2/c1-2-25-23(28-17-10-14-29(15-17)22-18(24)7-5-11-26-22)27-12-6-13-30-19-8-3-4-9-20(19)32-16-21(30)31/h3-5,7-9,11,17H,2,6,10,12-16H2,1H3,(H2,25,27,28). The topological polar surface area (TPSA) is 82.1 Å². The molecule has 2 N–H and O–H groups in total. The molecule has 9 heteroatoms. The Hall–Kier alpha value is -3.36. The van der Waals surface area contributed by atoms with Crippen molar-refractivity contribution in [2.45, 2.75) is 25.8 Å². The molecule has 1 aromatic heterocycles. The number of hydrogen-bond acceptors (Lipinski definition) is 5. The average Bonchev–Trinajstić information content (AvgIpc) is 3.26. The molecule has 0 radical (unpaired) electrons. The molecule has 170 valence electrons. The molecule has 2 aromatic rings. The highest BCUT2D eigenvalue weighted by molar-refractivity contribution is 5.97. The maximum Gasteiger partial charge on any atom is 0.265 e. The summed E-state index contributed by atoms with van der Waals surface area (Å²) in [5.41, 5.74) is 0.811. The summed E-state index contributed by atoms with van der Waals surface area (Å²) in [6.45, 7) is 5.39. The predicted octanol–water partition coefficient (Wildman–Crippen LogP) is 2.17. The highest BCUT2D eigenvalue weighted by Crippen LogP contribution is 2.31. The Morgan fingerprint density at radius 2 is 2.19 bits per heavy atom. The third-order valence-electron chi connectivity index (χ3n) is 5.53. The van der Waals surface area contributed by atoms with Crippen LogP contribution in [0.4, 0.5) is 15.9 Å². The maximum absolute atomic E-state index is 14.0. The second-order valence-electron chi connectivity index (χ2n) is 7.80. The van der Waals surface area contributed by atoms with Crippen molar-refractivity contribution in [1.82, 2.24) is 15.6 Å². The summed E-state index contributed by atoms with van der Waals surface area (Å²) in [7, 11) is 0. The Labute approximate surface area is 187 Å². The average molecular weight is 441 g/mol. The number of nitrogens with zero attached hydrogens (tertiary/aromatic N) is 4. The van der Waals surface area contributed by atoms with Crippen molar-refractivity contribution < 1.29 is 13.9 Å². The fraction of sp³-hybridized carbons (Fsp3) is 0.435. The Morgan fingerprint density at radius 1 is 1.31 bits per heavy atom. The lowest BCUT2D eigenvalue weighted by Crippen LogP contribution is -2.45. The van der Waals surface area contributed by atoms with E-state index < -0.39 is 0 Å². The van der Waals surface area contributed by atoms with Gasteiger partial charge in [-0.3, -0.25) is 9.79 Å². The monoisotopic (exact) mass is 440 g/mol. The van der Waals surface area contributed by atoms with Crippen LogP contribution < -0.4 is 25.2 Å². The van der Waals surface area contributed by atoms with Crippen molar-refractivity contribution in [2.75, 3.05) is 49.1 Å². The fourth-order valence-corrected chi connectivity index (χ4v) is 4.01. The van der Waals surface area contributed by atoms with Gasteiger partial charge in [0.15, 0.2) is 24.2 Å². The molecule has 1 saturated heterocycles. The molecule has 1 atom stereocenters. The minimum Gasteiger partial charge on any atom is -0.482 e. The lowest BCUT2D eigenvalue weighted by molar-refractivity contribution is -0.121. The van der Waals surface area contributed by atoms with Crippen LogP contribution in [0.3, 0.4) is 0 Å². The number of hydrogen-bond donors (Lipinski definition) is 2. The van der Waals surface area contributed by atoms with E-state index in [4.69, 9.17) is 4.74 Å². The van der Waals surface area contributed by atoms with Gasteiger partial charge in [-0.2, -0.15) is 0 Å². The molecule has 0 aliphatic carbocycles. The van der Waals surface area contributed by atoms with Gasteiger partial charge in [-0.05, 0) is 44.0 Å². The van der Waals surface area contributed by atoms with Crippen molar-refractivity contribution in [1.29, 1.82) is 0 Å². The summed E-state index contributed by atoms with van der Waals surface area (Å²) in [5, 5.41) is 6.71. The molecule has 1 fully saturated rings. The number of ether oxygens (including phenoxy) is 1. The third-order valence-corrected chi connectivity index (χ3v) is 5.53. The van der Waals surface area contributed by atoms with E-state index in [9.17, 15) is 9.18 Å². The first-order chi connectivity index (χ1) is 15.7. The Kier molecular flexibility index (Phi) is 7.03. The molecule has 2 aliphatic heterocycles. The first kappa shape index (κ1) is 21.9. The zero-order valence-electron chi connectivity index (χ0n) is 18.3. The van der Waals surface area contributed by atoms with Crippen molar-refractivity contribution >= 4 is 23.4 Å². The van der Waals surface area contributed by atoms with Crippen LogP contribution >= 0.6 is 0 Å². The minimum absolute atomic E-state index is 0.0366. The highest BCUT2D eigenvalue weighted by atomic mass is 19.1. The number of carbonyl (C=O) groups excluding carboxylic acids is 1. The van der Waals surface area contributed by atoms with Gasteiger partial charge >= 0.3 is 0 Å². The highest BCUT2D eigenvalue weighted by Gasteiger charge is 2.26. The van der Waals surface area contributed by atoms with E-state index in [2.05, 4.69) is 20.6 Å². The van der Waals surface area contributed by atoms with E-state index in [1.54, 1.807) is 17.2 Å². The molecular formula is C23H29FN6O2. The second-order valence-corrected chi connectivity index (χ2v) is 7.80. The van der Waals surface area contributed by atoms with Crippen LogP contribution in [0.1, 0.15) is 19.8 Å². The number of nitrogens with one attached hydrogen (secondary N) is 2. The third kappa shape index (κ3) is 5.09. The molecule has 0 saturated carbocycles. The number of benzene rings is 1. The van der Waals surface area contributed by atoms with Gasteiger partial charge in [0.05, 0.1) is 5.69 Å². The van der Waals surface area contributed by atoms with Crippen LogP contribution in [0.5, 0.6) is 5.75 Å². The van der Waals surface area contributed by atoms with E-state index in [1.165, 1.54) is 6.07 Å². The number of fused-ring (bicyclic) bond motifs is 1. The first-order valence-electron chi connectivity index (χ1n) is 11.1. The summed E-state index contributed by atoms with van der Waals surface area (Å²) >= 11 is 0. The van der Waals surface area contributed by atoms with E-state index >= 15 is 0 Å². The molecule has 1 aromatic carbocycles. The molecule has 3 heterocycles. The van der Waals surface area contributed by atoms with E-state index in [0.717, 1.165) is 43.3 Å². The lowest BCUT2D eigenvalue weighted by atomic mass is 10.2. The predicted molar refractivity (Wildman–Crippen MR) is 123 cm³/mol. The zero-order chi connectivity index (χ0) is 22.3. The van der Waals surface area contributed by atoms with Gasteiger partial charge in [-0.25, -0.2) is 9.37 Å². The largest absolute Gasteiger partial charge is 0.482 e. The summed E-state index contributed by atoms with van der Waals surface area (Å²) in [4.78, 5) is 24.9. The summed E-state index contributed by atoms with van der Waals surface area (Å²) in [6.07, 6.45) is 3.22. The van der Waals surface area contributed by atoms with Crippen LogP contribution in [0, 0.1) is 5.82 Å². The zero-order valence-corrected chi connectivity index (χ0v) is 18.3. The van der Waals surface area contributed by atoms with Crippen LogP contribution in [-0.2, 0) is 4.79 Å². The van der Waals surface area contributed by atoms with Crippen LogP contribution in [0.25, 0.3) is 0 Å². The first-order valence-corrected chi connectivity index (χ1v) is 11.1. The lowest BCUT2D eigenvalue weighted by Gasteiger charge is -2.29. The minimum atomic E-state index is -0.298. The molecule has 4 rings (SSSR count). The van der Waals surface area contributed by atoms with Gasteiger partial charge in [0.1, 0.15) is 5.75 Å². The molecule has 2 aliphatic rings. The Balaban J connectivity index is 1.30. The number of aromatic nitrogens is 1. The number of carbonyl (C=O) groups is 1. The Morgan fingerprint density at radius 3 is 3.03 bits per heavy atom. The summed E-state index contributed by atoms with van der Waals surface area (Å²) in [5.74, 6) is 1.53. The quantitative estimate of drug-likeness (QED) is 0.390. The maximum atomic E-state index is 14.0. The number of para-hydroxylation sites is 2. The van der Waals surface area contributed by atoms with Gasteiger partial charge in [-0.1, -0.05) is 12.1 Å². The Bertz CT molecular complexity index is 969. The molecule has 32 heavy (non-hydrogen) atoms. The van der Waals surface area contributed by atoms with Crippen molar-refractivity contribution in [3.63, 3.8) is 0 Å². The fourth-order valence-electron chi connectivity index (χ4n) is 4.01. The summed E-state index contributed by atoms with van der Waals surface area (Å²) < 4.78 is 19.5. The number of aliphatic imine (C=N–C) groups is 1. The van der Waals surface area contributed by atoms with Crippen LogP contribution in [-0.4, -0.2) is 62.2 Å². The van der Waals surface area contributed by atoms with Gasteiger partial charge in [0, 0.05) is 45.0 Å². The van der Waals surface area contributed by atoms with Gasteiger partial charge in [-0.15, -0.1) is 0 Å². The number of halogens is 1.